The molecule has 3 heterocycles. The van der Waals surface area contributed by atoms with E-state index in [0.717, 1.165) is 0 Å². The van der Waals surface area contributed by atoms with E-state index in [0.29, 0.717) is 12.5 Å². The van der Waals surface area contributed by atoms with Gasteiger partial charge in [-0.3, -0.25) is 0 Å². The van der Waals surface area contributed by atoms with Crippen molar-refractivity contribution < 1.29 is 40.6 Å². The summed E-state index contributed by atoms with van der Waals surface area (Å²) < 4.78 is 91.1. The normalized spacial score (nSPS) is 23.5. The molecule has 4 bridgehead atoms. The van der Waals surface area contributed by atoms with Gasteiger partial charge in [0.15, 0.2) is 5.69 Å². The first-order valence-electron chi connectivity index (χ1n) is 9.01. The third kappa shape index (κ3) is 4.16. The Balaban J connectivity index is 2.17. The lowest BCUT2D eigenvalue weighted by Gasteiger charge is -2.27. The first-order valence-corrected chi connectivity index (χ1v) is 9.01. The molecular weight excluding hydrogens is 422 g/mol. The van der Waals surface area contributed by atoms with Gasteiger partial charge in [-0.05, 0) is 38.7 Å². The predicted molar refractivity (Wildman–Crippen MR) is 90.1 cm³/mol. The maximum atomic E-state index is 13.5. The Kier molecular flexibility index (Phi) is 5.60. The molecule has 30 heavy (non-hydrogen) atoms. The van der Waals surface area contributed by atoms with Crippen LogP contribution in [0, 0.1) is 0 Å². The van der Waals surface area contributed by atoms with Crippen molar-refractivity contribution in [3.8, 4) is 17.5 Å². The summed E-state index contributed by atoms with van der Waals surface area (Å²) in [6.07, 6.45) is -10.5. The minimum atomic E-state index is -5.12. The number of anilines is 1. The molecule has 1 aliphatic heterocycles. The fourth-order valence-electron chi connectivity index (χ4n) is 3.07. The van der Waals surface area contributed by atoms with Crippen LogP contribution in [0.4, 0.5) is 32.0 Å². The molecule has 166 valence electrons. The number of nitrogens with zero attached hydrogens (tertiary/aromatic N) is 3. The number of pyridine rings is 1. The van der Waals surface area contributed by atoms with Gasteiger partial charge in [0.2, 0.25) is 11.5 Å². The summed E-state index contributed by atoms with van der Waals surface area (Å²) in [7, 11) is 0. The average Bonchev–Trinajstić information content (AvgIpc) is 3.10. The molecule has 2 atom stereocenters. The fourth-order valence-corrected chi connectivity index (χ4v) is 3.07. The van der Waals surface area contributed by atoms with Crippen molar-refractivity contribution in [2.75, 3.05) is 5.73 Å². The van der Waals surface area contributed by atoms with Crippen molar-refractivity contribution >= 4 is 5.69 Å². The standard InChI is InChI=1S/C17H18F6N4O3/c1-8-5-3-2-4-6-15(28,17(21,22)23)14-27-26-13(30-14)11-10(24)7-9(16(18,19)20)12(25-11)29-8/h7-8,28H,2-6,24H2,1H3/t8-,15-/m0/s1. The van der Waals surface area contributed by atoms with Crippen molar-refractivity contribution in [2.45, 2.75) is 63.1 Å². The highest BCUT2D eigenvalue weighted by atomic mass is 19.4. The molecule has 0 amide bonds. The van der Waals surface area contributed by atoms with Gasteiger partial charge in [-0.15, -0.1) is 10.2 Å². The van der Waals surface area contributed by atoms with Gasteiger partial charge in [-0.25, -0.2) is 4.98 Å². The third-order valence-corrected chi connectivity index (χ3v) is 4.73. The summed E-state index contributed by atoms with van der Waals surface area (Å²) in [6, 6.07) is 0.538. The zero-order valence-corrected chi connectivity index (χ0v) is 15.6. The molecule has 0 aromatic carbocycles. The molecule has 0 saturated heterocycles. The summed E-state index contributed by atoms with van der Waals surface area (Å²) >= 11 is 0. The maximum absolute atomic E-state index is 13.5. The van der Waals surface area contributed by atoms with Gasteiger partial charge in [-0.2, -0.15) is 26.3 Å². The molecular formula is C17H18F6N4O3. The average molecular weight is 440 g/mol. The van der Waals surface area contributed by atoms with Gasteiger partial charge < -0.3 is 20.0 Å². The second-order valence-electron chi connectivity index (χ2n) is 7.07. The van der Waals surface area contributed by atoms with Gasteiger partial charge >= 0.3 is 12.4 Å². The Hall–Kier alpha value is -2.57. The van der Waals surface area contributed by atoms with Crippen LogP contribution in [-0.2, 0) is 11.8 Å². The van der Waals surface area contributed by atoms with Crippen LogP contribution in [0.1, 0.15) is 50.5 Å². The van der Waals surface area contributed by atoms with E-state index >= 15 is 0 Å². The van der Waals surface area contributed by atoms with Gasteiger partial charge in [0.05, 0.1) is 11.8 Å². The highest BCUT2D eigenvalue weighted by Gasteiger charge is 2.58. The highest BCUT2D eigenvalue weighted by Crippen LogP contribution is 2.44. The van der Waals surface area contributed by atoms with Crippen molar-refractivity contribution in [1.82, 2.24) is 15.2 Å². The van der Waals surface area contributed by atoms with Gasteiger partial charge in [0.25, 0.3) is 11.8 Å². The number of nitrogens with two attached hydrogens (primary N) is 1. The fraction of sp³-hybridized carbons (Fsp3) is 0.588. The second kappa shape index (κ2) is 7.60. The van der Waals surface area contributed by atoms with E-state index in [-0.39, 0.29) is 19.3 Å². The quantitative estimate of drug-likeness (QED) is 0.591. The number of alkyl halides is 6. The van der Waals surface area contributed by atoms with E-state index in [1.165, 1.54) is 6.92 Å². The van der Waals surface area contributed by atoms with Crippen LogP contribution in [0.5, 0.6) is 5.88 Å². The first kappa shape index (κ1) is 22.1. The van der Waals surface area contributed by atoms with Crippen LogP contribution in [0.2, 0.25) is 0 Å². The van der Waals surface area contributed by atoms with E-state index in [4.69, 9.17) is 14.9 Å². The van der Waals surface area contributed by atoms with Crippen LogP contribution in [0.15, 0.2) is 10.5 Å². The van der Waals surface area contributed by atoms with Crippen LogP contribution in [0.3, 0.4) is 0 Å². The lowest BCUT2D eigenvalue weighted by molar-refractivity contribution is -0.277. The number of aromatic nitrogens is 3. The Morgan fingerprint density at radius 3 is 2.47 bits per heavy atom. The number of fused-ring (bicyclic) bond motifs is 5. The maximum Gasteiger partial charge on any atom is 0.426 e. The number of aliphatic hydroxyl groups is 1. The number of nitrogen functional groups attached to an aromatic ring is 1. The molecule has 0 unspecified atom stereocenters. The summed E-state index contributed by atoms with van der Waals surface area (Å²) in [5.74, 6) is -2.62. The molecule has 1 aliphatic rings. The SMILES string of the molecule is C[C@H]1CCCCC[C@@](O)(C(F)(F)F)c2nnc(o2)-c2nc(c(C(F)(F)F)cc2N)O1. The monoisotopic (exact) mass is 440 g/mol. The Labute approximate surface area is 166 Å². The number of ether oxygens (including phenoxy) is 1. The van der Waals surface area contributed by atoms with Crippen molar-refractivity contribution in [1.29, 1.82) is 0 Å². The van der Waals surface area contributed by atoms with Crippen molar-refractivity contribution in [2.24, 2.45) is 0 Å². The number of hydrogen-bond donors (Lipinski definition) is 2. The van der Waals surface area contributed by atoms with E-state index in [9.17, 15) is 31.4 Å². The van der Waals surface area contributed by atoms with Crippen LogP contribution >= 0.6 is 0 Å². The Morgan fingerprint density at radius 1 is 1.13 bits per heavy atom. The minimum Gasteiger partial charge on any atom is -0.474 e. The summed E-state index contributed by atoms with van der Waals surface area (Å²) in [5, 5.41) is 16.9. The minimum absolute atomic E-state index is 0.0417. The molecule has 3 rings (SSSR count). The first-order chi connectivity index (χ1) is 13.8. The molecule has 3 N–H and O–H groups in total. The van der Waals surface area contributed by atoms with Gasteiger partial charge in [0, 0.05) is 0 Å². The van der Waals surface area contributed by atoms with Crippen molar-refractivity contribution in [3.63, 3.8) is 0 Å². The summed E-state index contributed by atoms with van der Waals surface area (Å²) in [5.41, 5.74) is -0.0609. The number of rotatable bonds is 0. The zero-order chi connectivity index (χ0) is 22.3. The predicted octanol–water partition coefficient (Wildman–Crippen LogP) is 4.21. The lowest BCUT2D eigenvalue weighted by atomic mass is 9.94. The molecule has 7 nitrogen and oxygen atoms in total. The Bertz CT molecular complexity index is 914. The zero-order valence-electron chi connectivity index (χ0n) is 15.6. The lowest BCUT2D eigenvalue weighted by Crippen LogP contribution is -2.42. The molecule has 0 spiro atoms. The van der Waals surface area contributed by atoms with Crippen LogP contribution in [-0.4, -0.2) is 32.6 Å². The van der Waals surface area contributed by atoms with Crippen LogP contribution in [0.25, 0.3) is 11.6 Å². The smallest absolute Gasteiger partial charge is 0.426 e. The van der Waals surface area contributed by atoms with Crippen LogP contribution < -0.4 is 10.5 Å². The van der Waals surface area contributed by atoms with E-state index in [1.807, 2.05) is 0 Å². The van der Waals surface area contributed by atoms with E-state index in [2.05, 4.69) is 15.2 Å². The molecule has 0 fully saturated rings. The van der Waals surface area contributed by atoms with Gasteiger partial charge in [-0.1, -0.05) is 6.42 Å². The molecule has 0 saturated carbocycles. The number of halogens is 6. The summed E-state index contributed by atoms with van der Waals surface area (Å²) in [4.78, 5) is 3.71. The molecule has 2 aromatic rings. The molecule has 13 heteroatoms. The molecule has 0 radical (unpaired) electrons. The highest BCUT2D eigenvalue weighted by molar-refractivity contribution is 5.68. The van der Waals surface area contributed by atoms with E-state index in [1.54, 1.807) is 0 Å². The van der Waals surface area contributed by atoms with E-state index < -0.39 is 65.1 Å². The summed E-state index contributed by atoms with van der Waals surface area (Å²) in [6.45, 7) is 1.51. The third-order valence-electron chi connectivity index (χ3n) is 4.73. The second-order valence-corrected chi connectivity index (χ2v) is 7.07. The Morgan fingerprint density at radius 2 is 1.83 bits per heavy atom. The topological polar surface area (TPSA) is 107 Å². The molecule has 0 aliphatic carbocycles. The van der Waals surface area contributed by atoms with Gasteiger partial charge in [0.1, 0.15) is 5.56 Å². The van der Waals surface area contributed by atoms with Crippen molar-refractivity contribution in [3.05, 3.63) is 17.5 Å². The number of hydrogen-bond acceptors (Lipinski definition) is 7. The largest absolute Gasteiger partial charge is 0.474 e. The molecule has 2 aromatic heterocycles.